The first kappa shape index (κ1) is 13.4. The molecule has 0 aliphatic carbocycles. The van der Waals surface area contributed by atoms with E-state index in [4.69, 9.17) is 9.52 Å². The summed E-state index contributed by atoms with van der Waals surface area (Å²) >= 11 is 3.36. The highest BCUT2D eigenvalue weighted by atomic mass is 79.9. The van der Waals surface area contributed by atoms with Crippen LogP contribution in [0.2, 0.25) is 0 Å². The quantitative estimate of drug-likeness (QED) is 0.783. The summed E-state index contributed by atoms with van der Waals surface area (Å²) in [6.07, 6.45) is 1.62. The van der Waals surface area contributed by atoms with Crippen LogP contribution in [0, 0.1) is 0 Å². The van der Waals surface area contributed by atoms with Gasteiger partial charge in [-0.15, -0.1) is 10.2 Å². The van der Waals surface area contributed by atoms with E-state index in [1.807, 2.05) is 6.07 Å². The summed E-state index contributed by atoms with van der Waals surface area (Å²) in [7, 11) is 0. The number of pyridine rings is 1. The highest BCUT2D eigenvalue weighted by Gasteiger charge is 2.15. The zero-order valence-electron chi connectivity index (χ0n) is 10.5. The Bertz CT molecular complexity index is 816. The Labute approximate surface area is 127 Å². The van der Waals surface area contributed by atoms with E-state index in [1.165, 1.54) is 12.1 Å². The molecular formula is C14H8BrN3O3. The second-order valence-electron chi connectivity index (χ2n) is 4.13. The number of hydrogen-bond acceptors (Lipinski definition) is 5. The van der Waals surface area contributed by atoms with Crippen molar-refractivity contribution in [2.24, 2.45) is 0 Å². The zero-order chi connectivity index (χ0) is 14.8. The minimum Gasteiger partial charge on any atom is -0.478 e. The molecule has 1 N–H and O–H groups in total. The summed E-state index contributed by atoms with van der Waals surface area (Å²) in [5.74, 6) is -0.507. The van der Waals surface area contributed by atoms with E-state index in [9.17, 15) is 4.79 Å². The van der Waals surface area contributed by atoms with Crippen LogP contribution in [0.25, 0.3) is 23.0 Å². The Hall–Kier alpha value is -2.54. The summed E-state index contributed by atoms with van der Waals surface area (Å²) in [6, 6.07) is 9.90. The van der Waals surface area contributed by atoms with Crippen molar-refractivity contribution in [2.75, 3.05) is 0 Å². The van der Waals surface area contributed by atoms with Gasteiger partial charge in [-0.1, -0.05) is 6.07 Å². The molecule has 2 aromatic heterocycles. The van der Waals surface area contributed by atoms with Crippen LogP contribution in [0.1, 0.15) is 10.4 Å². The average Bonchev–Trinajstić information content (AvgIpc) is 2.97. The van der Waals surface area contributed by atoms with Gasteiger partial charge in [0.1, 0.15) is 5.69 Å². The molecule has 0 aliphatic rings. The normalized spacial score (nSPS) is 10.5. The maximum Gasteiger partial charge on any atom is 0.335 e. The number of halogens is 1. The van der Waals surface area contributed by atoms with Crippen molar-refractivity contribution in [3.05, 3.63) is 52.6 Å². The van der Waals surface area contributed by atoms with Crippen molar-refractivity contribution in [3.63, 3.8) is 0 Å². The van der Waals surface area contributed by atoms with Gasteiger partial charge in [-0.3, -0.25) is 0 Å². The number of hydrogen-bond donors (Lipinski definition) is 1. The monoisotopic (exact) mass is 345 g/mol. The van der Waals surface area contributed by atoms with Gasteiger partial charge in [-0.2, -0.15) is 0 Å². The Morgan fingerprint density at radius 3 is 2.71 bits per heavy atom. The summed E-state index contributed by atoms with van der Waals surface area (Å²) in [4.78, 5) is 15.1. The van der Waals surface area contributed by atoms with Crippen LogP contribution in [-0.2, 0) is 0 Å². The fraction of sp³-hybridized carbons (Fsp3) is 0. The molecule has 7 heteroatoms. The second-order valence-corrected chi connectivity index (χ2v) is 4.99. The first-order chi connectivity index (χ1) is 10.1. The Balaban J connectivity index is 2.01. The predicted octanol–water partition coefficient (Wildman–Crippen LogP) is 3.26. The van der Waals surface area contributed by atoms with Gasteiger partial charge in [0.05, 0.1) is 5.56 Å². The van der Waals surface area contributed by atoms with Crippen LogP contribution >= 0.6 is 15.9 Å². The van der Waals surface area contributed by atoms with Gasteiger partial charge in [0.15, 0.2) is 0 Å². The molecule has 6 nitrogen and oxygen atoms in total. The molecule has 0 saturated carbocycles. The minimum atomic E-state index is -1.01. The maximum atomic E-state index is 11.0. The van der Waals surface area contributed by atoms with Crippen LogP contribution in [-0.4, -0.2) is 26.3 Å². The van der Waals surface area contributed by atoms with E-state index < -0.39 is 5.97 Å². The Morgan fingerprint density at radius 1 is 1.14 bits per heavy atom. The van der Waals surface area contributed by atoms with Gasteiger partial charge in [0.2, 0.25) is 5.89 Å². The Morgan fingerprint density at radius 2 is 1.95 bits per heavy atom. The van der Waals surface area contributed by atoms with Gasteiger partial charge in [-0.25, -0.2) is 9.78 Å². The third-order valence-corrected chi connectivity index (χ3v) is 3.38. The molecule has 2 heterocycles. The number of carbonyl (C=O) groups is 1. The molecule has 0 amide bonds. The molecule has 0 aliphatic heterocycles. The highest BCUT2D eigenvalue weighted by Crippen LogP contribution is 2.27. The molecule has 104 valence electrons. The molecule has 0 fully saturated rings. The number of nitrogens with zero attached hydrogens (tertiary/aromatic N) is 3. The lowest BCUT2D eigenvalue weighted by atomic mass is 10.1. The van der Waals surface area contributed by atoms with Crippen molar-refractivity contribution in [3.8, 4) is 23.0 Å². The van der Waals surface area contributed by atoms with Crippen LogP contribution in [0.4, 0.5) is 0 Å². The smallest absolute Gasteiger partial charge is 0.335 e. The van der Waals surface area contributed by atoms with Gasteiger partial charge in [0.25, 0.3) is 5.89 Å². The first-order valence-electron chi connectivity index (χ1n) is 5.93. The molecule has 0 unspecified atom stereocenters. The van der Waals surface area contributed by atoms with Gasteiger partial charge in [0, 0.05) is 16.2 Å². The second kappa shape index (κ2) is 5.45. The standard InChI is InChI=1S/C14H8BrN3O3/c15-10-5-2-6-16-11(10)13-18-17-12(21-13)8-3-1-4-9(7-8)14(19)20/h1-7H,(H,19,20). The van der Waals surface area contributed by atoms with Gasteiger partial charge < -0.3 is 9.52 Å². The van der Waals surface area contributed by atoms with Crippen molar-refractivity contribution in [1.82, 2.24) is 15.2 Å². The van der Waals surface area contributed by atoms with Crippen molar-refractivity contribution >= 4 is 21.9 Å². The molecule has 0 radical (unpaired) electrons. The molecule has 0 bridgehead atoms. The van der Waals surface area contributed by atoms with Crippen LogP contribution < -0.4 is 0 Å². The van der Waals surface area contributed by atoms with Crippen LogP contribution in [0.5, 0.6) is 0 Å². The lowest BCUT2D eigenvalue weighted by Gasteiger charge is -1.98. The topological polar surface area (TPSA) is 89.1 Å². The highest BCUT2D eigenvalue weighted by molar-refractivity contribution is 9.10. The maximum absolute atomic E-state index is 11.0. The van der Waals surface area contributed by atoms with Gasteiger partial charge >= 0.3 is 5.97 Å². The fourth-order valence-electron chi connectivity index (χ4n) is 1.76. The zero-order valence-corrected chi connectivity index (χ0v) is 12.1. The summed E-state index contributed by atoms with van der Waals surface area (Å²) in [6.45, 7) is 0. The minimum absolute atomic E-state index is 0.159. The van der Waals surface area contributed by atoms with Gasteiger partial charge in [-0.05, 0) is 46.3 Å². The van der Waals surface area contributed by atoms with E-state index in [0.29, 0.717) is 11.3 Å². The lowest BCUT2D eigenvalue weighted by Crippen LogP contribution is -1.95. The molecular weight excluding hydrogens is 338 g/mol. The predicted molar refractivity (Wildman–Crippen MR) is 77.6 cm³/mol. The third-order valence-electron chi connectivity index (χ3n) is 2.74. The van der Waals surface area contributed by atoms with E-state index in [1.54, 1.807) is 24.4 Å². The van der Waals surface area contributed by atoms with Crippen molar-refractivity contribution in [2.45, 2.75) is 0 Å². The number of carboxylic acids is 1. The number of rotatable bonds is 3. The van der Waals surface area contributed by atoms with E-state index >= 15 is 0 Å². The number of carboxylic acid groups (broad SMARTS) is 1. The van der Waals surface area contributed by atoms with Crippen molar-refractivity contribution in [1.29, 1.82) is 0 Å². The molecule has 3 aromatic rings. The SMILES string of the molecule is O=C(O)c1cccc(-c2nnc(-c3ncccc3Br)o2)c1. The van der Waals surface area contributed by atoms with E-state index in [-0.39, 0.29) is 17.3 Å². The van der Waals surface area contributed by atoms with Crippen LogP contribution in [0.3, 0.4) is 0 Å². The van der Waals surface area contributed by atoms with Crippen molar-refractivity contribution < 1.29 is 14.3 Å². The molecule has 0 saturated heterocycles. The average molecular weight is 346 g/mol. The Kier molecular flexibility index (Phi) is 3.49. The number of benzene rings is 1. The fourth-order valence-corrected chi connectivity index (χ4v) is 2.19. The third kappa shape index (κ3) is 2.68. The summed E-state index contributed by atoms with van der Waals surface area (Å²) < 4.78 is 6.30. The molecule has 21 heavy (non-hydrogen) atoms. The molecule has 3 rings (SSSR count). The molecule has 1 aromatic carbocycles. The number of aromatic nitrogens is 3. The first-order valence-corrected chi connectivity index (χ1v) is 6.72. The molecule has 0 atom stereocenters. The lowest BCUT2D eigenvalue weighted by molar-refractivity contribution is 0.0697. The summed E-state index contributed by atoms with van der Waals surface area (Å²) in [5, 5.41) is 16.9. The van der Waals surface area contributed by atoms with E-state index in [2.05, 4.69) is 31.1 Å². The molecule has 0 spiro atoms. The largest absolute Gasteiger partial charge is 0.478 e. The van der Waals surface area contributed by atoms with Crippen LogP contribution in [0.15, 0.2) is 51.5 Å². The van der Waals surface area contributed by atoms with E-state index in [0.717, 1.165) is 4.47 Å². The number of aromatic carboxylic acids is 1. The summed E-state index contributed by atoms with van der Waals surface area (Å²) in [5.41, 5.74) is 1.23.